The van der Waals surface area contributed by atoms with E-state index in [0.29, 0.717) is 31.4 Å². The molecule has 2 N–H and O–H groups in total. The number of alkyl halides is 6. The van der Waals surface area contributed by atoms with Gasteiger partial charge in [0.25, 0.3) is 5.91 Å². The first-order chi connectivity index (χ1) is 17.2. The van der Waals surface area contributed by atoms with Gasteiger partial charge < -0.3 is 15.5 Å². The summed E-state index contributed by atoms with van der Waals surface area (Å²) in [5, 5.41) is 5.92. The number of carbonyl (C=O) groups is 2. The van der Waals surface area contributed by atoms with Gasteiger partial charge in [-0.25, -0.2) is 0 Å². The second kappa shape index (κ2) is 11.5. The molecule has 0 bridgehead atoms. The number of nitrogens with zero attached hydrogens (tertiary/aromatic N) is 1. The number of likely N-dealkylation sites (tertiary alicyclic amines) is 1. The lowest BCUT2D eigenvalue weighted by Crippen LogP contribution is -2.53. The first-order valence-electron chi connectivity index (χ1n) is 11.9. The molecule has 1 saturated heterocycles. The Morgan fingerprint density at radius 2 is 1.57 bits per heavy atom. The van der Waals surface area contributed by atoms with Crippen LogP contribution >= 0.6 is 0 Å². The Morgan fingerprint density at radius 3 is 2.11 bits per heavy atom. The molecule has 0 radical (unpaired) electrons. The lowest BCUT2D eigenvalue weighted by atomic mass is 9.91. The highest BCUT2D eigenvalue weighted by molar-refractivity contribution is 5.95. The van der Waals surface area contributed by atoms with Crippen molar-refractivity contribution in [3.8, 4) is 0 Å². The van der Waals surface area contributed by atoms with E-state index in [0.717, 1.165) is 5.56 Å². The zero-order chi connectivity index (χ0) is 27.4. The van der Waals surface area contributed by atoms with Crippen molar-refractivity contribution in [1.82, 2.24) is 15.5 Å². The van der Waals surface area contributed by atoms with Gasteiger partial charge in [-0.15, -0.1) is 0 Å². The molecule has 0 aliphatic carbocycles. The van der Waals surface area contributed by atoms with Crippen molar-refractivity contribution in [3.05, 3.63) is 70.8 Å². The molecule has 0 aromatic heterocycles. The minimum absolute atomic E-state index is 0.0105. The molecule has 1 heterocycles. The van der Waals surface area contributed by atoms with Crippen molar-refractivity contribution in [3.63, 3.8) is 0 Å². The summed E-state index contributed by atoms with van der Waals surface area (Å²) in [6.45, 7) is 3.82. The van der Waals surface area contributed by atoms with E-state index < -0.39 is 41.0 Å². The van der Waals surface area contributed by atoms with Crippen molar-refractivity contribution < 1.29 is 35.9 Å². The Hall–Kier alpha value is -3.08. The number of rotatable bonds is 7. The van der Waals surface area contributed by atoms with E-state index in [1.165, 1.54) is 4.90 Å². The van der Waals surface area contributed by atoms with Gasteiger partial charge in [0.05, 0.1) is 17.7 Å². The fourth-order valence-corrected chi connectivity index (χ4v) is 4.44. The number of halogens is 6. The summed E-state index contributed by atoms with van der Waals surface area (Å²) in [5.41, 5.74) is -2.86. The molecule has 2 atom stereocenters. The van der Waals surface area contributed by atoms with Gasteiger partial charge in [0.15, 0.2) is 0 Å². The number of hydrogen-bond acceptors (Lipinski definition) is 3. The van der Waals surface area contributed by atoms with Crippen LogP contribution in [-0.4, -0.2) is 47.9 Å². The van der Waals surface area contributed by atoms with Crippen molar-refractivity contribution in [2.75, 3.05) is 13.1 Å². The summed E-state index contributed by atoms with van der Waals surface area (Å²) in [6, 6.07) is 9.34. The molecule has 5 nitrogen and oxygen atoms in total. The quantitative estimate of drug-likeness (QED) is 0.494. The Balaban J connectivity index is 1.87. The lowest BCUT2D eigenvalue weighted by Gasteiger charge is -2.40. The molecule has 1 fully saturated rings. The number of piperidine rings is 1. The third-order valence-corrected chi connectivity index (χ3v) is 6.13. The highest BCUT2D eigenvalue weighted by Gasteiger charge is 2.39. The fourth-order valence-electron chi connectivity index (χ4n) is 4.44. The van der Waals surface area contributed by atoms with Crippen LogP contribution < -0.4 is 10.6 Å². The van der Waals surface area contributed by atoms with E-state index in [1.807, 2.05) is 32.0 Å². The molecule has 0 spiro atoms. The molecule has 3 rings (SSSR count). The van der Waals surface area contributed by atoms with Gasteiger partial charge in [0.1, 0.15) is 0 Å². The second-order valence-electron chi connectivity index (χ2n) is 9.46. The Bertz CT molecular complexity index is 1050. The number of hydrogen-bond donors (Lipinski definition) is 2. The van der Waals surface area contributed by atoms with E-state index in [4.69, 9.17) is 0 Å². The van der Waals surface area contributed by atoms with Crippen LogP contribution in [0, 0.1) is 0 Å². The number of amides is 2. The minimum Gasteiger partial charge on any atom is -0.353 e. The van der Waals surface area contributed by atoms with Gasteiger partial charge >= 0.3 is 12.4 Å². The van der Waals surface area contributed by atoms with Crippen molar-refractivity contribution in [1.29, 1.82) is 0 Å². The topological polar surface area (TPSA) is 61.4 Å². The number of nitrogens with one attached hydrogen (secondary N) is 2. The van der Waals surface area contributed by atoms with Crippen LogP contribution in [0.2, 0.25) is 0 Å². The van der Waals surface area contributed by atoms with Gasteiger partial charge in [-0.2, -0.15) is 26.3 Å². The van der Waals surface area contributed by atoms with Crippen LogP contribution in [0.3, 0.4) is 0 Å². The largest absolute Gasteiger partial charge is 0.416 e. The first-order valence-corrected chi connectivity index (χ1v) is 11.9. The minimum atomic E-state index is -5.05. The number of benzene rings is 2. The average Bonchev–Trinajstić information content (AvgIpc) is 2.81. The maximum Gasteiger partial charge on any atom is 0.416 e. The molecule has 1 aliphatic heterocycles. The maximum absolute atomic E-state index is 13.4. The zero-order valence-electron chi connectivity index (χ0n) is 20.4. The van der Waals surface area contributed by atoms with Gasteiger partial charge in [-0.1, -0.05) is 30.3 Å². The Kier molecular flexibility index (Phi) is 8.88. The van der Waals surface area contributed by atoms with Crippen molar-refractivity contribution in [2.45, 2.75) is 63.6 Å². The predicted octanol–water partition coefficient (Wildman–Crippen LogP) is 5.05. The Labute approximate surface area is 211 Å². The molecule has 2 amide bonds. The molecule has 11 heteroatoms. The molecule has 2 aromatic carbocycles. The Morgan fingerprint density at radius 1 is 0.973 bits per heavy atom. The van der Waals surface area contributed by atoms with Crippen LogP contribution in [0.1, 0.15) is 53.7 Å². The van der Waals surface area contributed by atoms with Crippen LogP contribution in [0.5, 0.6) is 0 Å². The molecule has 0 saturated carbocycles. The first kappa shape index (κ1) is 28.5. The summed E-state index contributed by atoms with van der Waals surface area (Å²) in [6.07, 6.45) is -8.98. The summed E-state index contributed by atoms with van der Waals surface area (Å²) in [5.74, 6) is -1.09. The standard InChI is InChI=1S/C26H29F6N3O2/c1-16(2)34-23(36)15-33-21-8-9-35(22(14-21)10-17-6-4-3-5-7-17)24(37)18-11-19(25(27,28)29)13-20(12-18)26(30,31)32/h3-7,11-13,16,21-22,33H,8-10,14-15H2,1-2H3,(H,34,36)/t21-,22+/m0/s1. The molecule has 37 heavy (non-hydrogen) atoms. The second-order valence-corrected chi connectivity index (χ2v) is 9.46. The lowest BCUT2D eigenvalue weighted by molar-refractivity contribution is -0.143. The highest BCUT2D eigenvalue weighted by Crippen LogP contribution is 2.37. The molecule has 1 aliphatic rings. The van der Waals surface area contributed by atoms with Crippen LogP contribution in [-0.2, 0) is 23.6 Å². The highest BCUT2D eigenvalue weighted by atomic mass is 19.4. The smallest absolute Gasteiger partial charge is 0.353 e. The molecule has 2 aromatic rings. The van der Waals surface area contributed by atoms with Crippen molar-refractivity contribution in [2.24, 2.45) is 0 Å². The zero-order valence-corrected chi connectivity index (χ0v) is 20.4. The normalized spacial score (nSPS) is 18.7. The van der Waals surface area contributed by atoms with Gasteiger partial charge in [0, 0.05) is 30.2 Å². The monoisotopic (exact) mass is 529 g/mol. The summed E-state index contributed by atoms with van der Waals surface area (Å²) in [4.78, 5) is 26.7. The van der Waals surface area contributed by atoms with Gasteiger partial charge in [-0.3, -0.25) is 9.59 Å². The third-order valence-electron chi connectivity index (χ3n) is 6.13. The molecular formula is C26H29F6N3O2. The molecule has 202 valence electrons. The van der Waals surface area contributed by atoms with Gasteiger partial charge in [0.2, 0.25) is 5.91 Å². The van der Waals surface area contributed by atoms with E-state index in [9.17, 15) is 35.9 Å². The summed E-state index contributed by atoms with van der Waals surface area (Å²) in [7, 11) is 0. The van der Waals surface area contributed by atoms with Gasteiger partial charge in [-0.05, 0) is 56.9 Å². The van der Waals surface area contributed by atoms with E-state index >= 15 is 0 Å². The number of carbonyl (C=O) groups excluding carboxylic acids is 2. The molecule has 0 unspecified atom stereocenters. The average molecular weight is 530 g/mol. The van der Waals surface area contributed by atoms with Crippen LogP contribution in [0.4, 0.5) is 26.3 Å². The van der Waals surface area contributed by atoms with Crippen molar-refractivity contribution >= 4 is 11.8 Å². The summed E-state index contributed by atoms with van der Waals surface area (Å²) < 4.78 is 80.1. The van der Waals surface area contributed by atoms with E-state index in [-0.39, 0.29) is 37.1 Å². The SMILES string of the molecule is CC(C)NC(=O)CN[C@H]1CCN(C(=O)c2cc(C(F)(F)F)cc(C(F)(F)F)c2)[C@H](Cc2ccccc2)C1. The van der Waals surface area contributed by atoms with Crippen LogP contribution in [0.25, 0.3) is 0 Å². The van der Waals surface area contributed by atoms with E-state index in [2.05, 4.69) is 10.6 Å². The van der Waals surface area contributed by atoms with Crippen LogP contribution in [0.15, 0.2) is 48.5 Å². The summed E-state index contributed by atoms with van der Waals surface area (Å²) >= 11 is 0. The predicted molar refractivity (Wildman–Crippen MR) is 126 cm³/mol. The van der Waals surface area contributed by atoms with E-state index in [1.54, 1.807) is 12.1 Å². The maximum atomic E-state index is 13.4. The fraction of sp³-hybridized carbons (Fsp3) is 0.462. The molecular weight excluding hydrogens is 500 g/mol. The third kappa shape index (κ3) is 7.95.